The van der Waals surface area contributed by atoms with Gasteiger partial charge in [0.1, 0.15) is 0 Å². The molecule has 0 fully saturated rings. The van der Waals surface area contributed by atoms with Gasteiger partial charge in [0.05, 0.1) is 19.3 Å². The number of nitrogens with one attached hydrogen (secondary N) is 1. The maximum Gasteiger partial charge on any atom is 0.305 e. The molecule has 0 aliphatic rings. The number of rotatable bonds is 9. The Bertz CT molecular complexity index is 785. The molecule has 4 nitrogen and oxygen atoms in total. The molecule has 150 valence electrons. The normalized spacial score (nSPS) is 12.3. The van der Waals surface area contributed by atoms with Crippen LogP contribution < -0.4 is 5.32 Å². The molecule has 0 aromatic heterocycles. The quantitative estimate of drug-likeness (QED) is 0.431. The summed E-state index contributed by atoms with van der Waals surface area (Å²) in [5.41, 5.74) is 2.52. The summed E-state index contributed by atoms with van der Waals surface area (Å²) in [6.45, 7) is -0.0920. The van der Waals surface area contributed by atoms with E-state index in [1.54, 1.807) is 0 Å². The van der Waals surface area contributed by atoms with Gasteiger partial charge in [0.2, 0.25) is 0 Å². The van der Waals surface area contributed by atoms with E-state index in [0.717, 1.165) is 16.7 Å². The van der Waals surface area contributed by atoms with E-state index >= 15 is 0 Å². The van der Waals surface area contributed by atoms with E-state index in [2.05, 4.69) is 41.7 Å². The number of esters is 1. The topological polar surface area (TPSA) is 58.6 Å². The summed E-state index contributed by atoms with van der Waals surface area (Å²) in [6, 6.07) is 30.3. The molecule has 3 rings (SSSR count). The first-order valence-electron chi connectivity index (χ1n) is 9.82. The molecule has 1 unspecified atom stereocenters. The van der Waals surface area contributed by atoms with E-state index in [9.17, 15) is 9.90 Å². The van der Waals surface area contributed by atoms with Gasteiger partial charge in [-0.05, 0) is 23.1 Å². The van der Waals surface area contributed by atoms with Crippen molar-refractivity contribution in [2.75, 3.05) is 13.7 Å². The number of carbonyl (C=O) groups excluding carboxylic acids is 1. The van der Waals surface area contributed by atoms with Gasteiger partial charge in [-0.3, -0.25) is 10.1 Å². The molecule has 4 heteroatoms. The van der Waals surface area contributed by atoms with E-state index in [1.807, 2.05) is 54.6 Å². The third-order valence-electron chi connectivity index (χ3n) is 5.19. The SMILES string of the molecule is COC(=O)CCC(CO)NC(c1ccccc1)(c1ccccc1)c1ccccc1. The highest BCUT2D eigenvalue weighted by Gasteiger charge is 2.37. The maximum absolute atomic E-state index is 11.7. The van der Waals surface area contributed by atoms with Gasteiger partial charge in [-0.15, -0.1) is 0 Å². The van der Waals surface area contributed by atoms with Crippen molar-refractivity contribution in [1.82, 2.24) is 5.32 Å². The smallest absolute Gasteiger partial charge is 0.305 e. The fraction of sp³-hybridized carbons (Fsp3) is 0.240. The molecule has 2 N–H and O–H groups in total. The number of benzene rings is 3. The fourth-order valence-electron chi connectivity index (χ4n) is 3.72. The minimum Gasteiger partial charge on any atom is -0.469 e. The minimum absolute atomic E-state index is 0.0920. The number of hydrogen-bond donors (Lipinski definition) is 2. The number of aliphatic hydroxyl groups excluding tert-OH is 1. The minimum atomic E-state index is -0.673. The lowest BCUT2D eigenvalue weighted by Crippen LogP contribution is -2.51. The zero-order valence-electron chi connectivity index (χ0n) is 16.6. The molecule has 0 aliphatic carbocycles. The van der Waals surface area contributed by atoms with Crippen molar-refractivity contribution >= 4 is 5.97 Å². The third-order valence-corrected chi connectivity index (χ3v) is 5.19. The zero-order valence-corrected chi connectivity index (χ0v) is 16.6. The lowest BCUT2D eigenvalue weighted by Gasteiger charge is -2.40. The summed E-state index contributed by atoms with van der Waals surface area (Å²) in [6.07, 6.45) is 0.709. The number of methoxy groups -OCH3 is 1. The van der Waals surface area contributed by atoms with Crippen LogP contribution in [0.25, 0.3) is 0 Å². The highest BCUT2D eigenvalue weighted by Crippen LogP contribution is 2.37. The van der Waals surface area contributed by atoms with Gasteiger partial charge in [0.25, 0.3) is 0 Å². The lowest BCUT2D eigenvalue weighted by molar-refractivity contribution is -0.140. The van der Waals surface area contributed by atoms with Gasteiger partial charge in [0, 0.05) is 12.5 Å². The Morgan fingerprint density at radius 1 is 0.862 bits per heavy atom. The number of hydrogen-bond acceptors (Lipinski definition) is 4. The molecule has 3 aromatic rings. The van der Waals surface area contributed by atoms with Crippen LogP contribution in [0.1, 0.15) is 29.5 Å². The second-order valence-corrected chi connectivity index (χ2v) is 6.99. The van der Waals surface area contributed by atoms with Gasteiger partial charge in [-0.2, -0.15) is 0 Å². The van der Waals surface area contributed by atoms with Crippen molar-refractivity contribution in [1.29, 1.82) is 0 Å². The monoisotopic (exact) mass is 389 g/mol. The summed E-state index contributed by atoms with van der Waals surface area (Å²) in [5.74, 6) is -0.282. The van der Waals surface area contributed by atoms with Crippen LogP contribution >= 0.6 is 0 Å². The van der Waals surface area contributed by atoms with Crippen LogP contribution in [-0.4, -0.2) is 30.8 Å². The highest BCUT2D eigenvalue weighted by molar-refractivity contribution is 5.69. The Balaban J connectivity index is 2.13. The molecule has 3 aromatic carbocycles. The van der Waals surface area contributed by atoms with Gasteiger partial charge < -0.3 is 9.84 Å². The lowest BCUT2D eigenvalue weighted by atomic mass is 9.76. The summed E-state index contributed by atoms with van der Waals surface area (Å²) in [4.78, 5) is 11.7. The van der Waals surface area contributed by atoms with Crippen molar-refractivity contribution in [3.05, 3.63) is 108 Å². The zero-order chi connectivity index (χ0) is 20.5. The molecule has 0 radical (unpaired) electrons. The second kappa shape index (κ2) is 10.0. The van der Waals surface area contributed by atoms with Crippen molar-refractivity contribution < 1.29 is 14.6 Å². The van der Waals surface area contributed by atoms with E-state index < -0.39 is 5.54 Å². The second-order valence-electron chi connectivity index (χ2n) is 6.99. The van der Waals surface area contributed by atoms with Gasteiger partial charge in [-0.1, -0.05) is 91.0 Å². The standard InChI is InChI=1S/C25H27NO3/c1-29-24(28)18-17-23(19-27)26-25(20-11-5-2-6-12-20,21-13-7-3-8-14-21)22-15-9-4-10-16-22/h2-16,23,26-27H,17-19H2,1H3. The molecule has 0 saturated heterocycles. The van der Waals surface area contributed by atoms with Crippen LogP contribution in [0, 0.1) is 0 Å². The Morgan fingerprint density at radius 2 is 1.28 bits per heavy atom. The van der Waals surface area contributed by atoms with E-state index in [4.69, 9.17) is 4.74 Å². The summed E-state index contributed by atoms with van der Waals surface area (Å²) in [7, 11) is 1.38. The molecule has 0 amide bonds. The summed E-state index contributed by atoms with van der Waals surface area (Å²) >= 11 is 0. The molecule has 0 bridgehead atoms. The summed E-state index contributed by atoms with van der Waals surface area (Å²) in [5, 5.41) is 13.8. The predicted octanol–water partition coefficient (Wildman–Crippen LogP) is 3.88. The largest absolute Gasteiger partial charge is 0.469 e. The van der Waals surface area contributed by atoms with Crippen molar-refractivity contribution in [3.8, 4) is 0 Å². The van der Waals surface area contributed by atoms with Crippen LogP contribution in [0.2, 0.25) is 0 Å². The Labute approximate surface area is 172 Å². The number of carbonyl (C=O) groups is 1. The number of aliphatic hydroxyl groups is 1. The van der Waals surface area contributed by atoms with Crippen LogP contribution in [0.4, 0.5) is 0 Å². The maximum atomic E-state index is 11.7. The van der Waals surface area contributed by atoms with Crippen molar-refractivity contribution in [2.45, 2.75) is 24.4 Å². The van der Waals surface area contributed by atoms with Crippen molar-refractivity contribution in [3.63, 3.8) is 0 Å². The van der Waals surface area contributed by atoms with Crippen molar-refractivity contribution in [2.24, 2.45) is 0 Å². The molecular formula is C25H27NO3. The molecule has 0 aliphatic heterocycles. The molecule has 0 spiro atoms. The van der Waals surface area contributed by atoms with Crippen LogP contribution in [0.5, 0.6) is 0 Å². The van der Waals surface area contributed by atoms with E-state index in [1.165, 1.54) is 7.11 Å². The Kier molecular flexibility index (Phi) is 7.17. The van der Waals surface area contributed by atoms with Crippen LogP contribution in [0.3, 0.4) is 0 Å². The third kappa shape index (κ3) is 4.73. The Hall–Kier alpha value is -2.95. The van der Waals surface area contributed by atoms with E-state index in [-0.39, 0.29) is 25.0 Å². The highest BCUT2D eigenvalue weighted by atomic mass is 16.5. The molecule has 1 atom stereocenters. The van der Waals surface area contributed by atoms with Gasteiger partial charge in [0.15, 0.2) is 0 Å². The molecule has 29 heavy (non-hydrogen) atoms. The first-order valence-corrected chi connectivity index (χ1v) is 9.82. The van der Waals surface area contributed by atoms with Gasteiger partial charge in [-0.25, -0.2) is 0 Å². The first kappa shape index (κ1) is 20.8. The molecular weight excluding hydrogens is 362 g/mol. The van der Waals surface area contributed by atoms with Gasteiger partial charge >= 0.3 is 5.97 Å². The molecule has 0 saturated carbocycles. The fourth-order valence-corrected chi connectivity index (χ4v) is 3.72. The average Bonchev–Trinajstić information content (AvgIpc) is 2.81. The number of ether oxygens (including phenoxy) is 1. The first-order chi connectivity index (χ1) is 14.2. The predicted molar refractivity (Wildman–Crippen MR) is 114 cm³/mol. The summed E-state index contributed by atoms with van der Waals surface area (Å²) < 4.78 is 4.78. The van der Waals surface area contributed by atoms with Crippen LogP contribution in [-0.2, 0) is 15.1 Å². The molecule has 0 heterocycles. The van der Waals surface area contributed by atoms with Crippen LogP contribution in [0.15, 0.2) is 91.0 Å². The van der Waals surface area contributed by atoms with E-state index in [0.29, 0.717) is 6.42 Å². The average molecular weight is 389 g/mol. The Morgan fingerprint density at radius 3 is 1.62 bits per heavy atom.